The van der Waals surface area contributed by atoms with Crippen molar-refractivity contribution in [1.82, 2.24) is 0 Å². The Kier molecular flexibility index (Phi) is 21.1. The lowest BCUT2D eigenvalue weighted by atomic mass is 10.4. The third kappa shape index (κ3) is 24.0. The van der Waals surface area contributed by atoms with E-state index < -0.39 is 42.3 Å². The van der Waals surface area contributed by atoms with Crippen LogP contribution in [-0.4, -0.2) is 120 Å². The zero-order valence-corrected chi connectivity index (χ0v) is 34.3. The van der Waals surface area contributed by atoms with Crippen LogP contribution in [0, 0.1) is 0 Å². The Balaban J connectivity index is 5.47. The molecule has 0 aliphatic rings. The van der Waals surface area contributed by atoms with Crippen molar-refractivity contribution in [3.05, 3.63) is 0 Å². The average Bonchev–Trinajstić information content (AvgIpc) is 2.78. The minimum Gasteiger partial charge on any atom is -0.437 e. The highest BCUT2D eigenvalue weighted by molar-refractivity contribution is 6.90. The molecule has 0 saturated heterocycles. The number of hydrogen-bond donors (Lipinski definition) is 1. The first-order valence-corrected chi connectivity index (χ1v) is 30.2. The average molecular weight is 691 g/mol. The predicted octanol–water partition coefficient (Wildman–Crippen LogP) is 5.83. The van der Waals surface area contributed by atoms with Gasteiger partial charge in [0.25, 0.3) is 0 Å². The van der Waals surface area contributed by atoms with Crippen molar-refractivity contribution in [1.29, 1.82) is 0 Å². The van der Waals surface area contributed by atoms with E-state index in [0.717, 1.165) is 24.9 Å². The third-order valence-corrected chi connectivity index (χ3v) is 24.0. The summed E-state index contributed by atoms with van der Waals surface area (Å²) in [5, 5.41) is 8.95. The molecule has 4 atom stereocenters. The van der Waals surface area contributed by atoms with E-state index in [2.05, 4.69) is 65.5 Å². The maximum Gasteiger partial charge on any atom is 0.317 e. The number of ether oxygens (including phenoxy) is 5. The van der Waals surface area contributed by atoms with Crippen LogP contribution in [0.25, 0.3) is 0 Å². The van der Waals surface area contributed by atoms with E-state index in [1.807, 2.05) is 13.8 Å². The fourth-order valence-corrected chi connectivity index (χ4v) is 28.5. The SMILES string of the molecule is COCCOC(C)COCCC[Si](C)(O[Si](C)(C)O[Si](C)(C)C)O[Si](C)(CCCOCC(C)OCCO)O[Si](C)(C)C. The number of aliphatic hydroxyl groups is 1. The Morgan fingerprint density at radius 3 is 1.43 bits per heavy atom. The predicted molar refractivity (Wildman–Crippen MR) is 182 cm³/mol. The van der Waals surface area contributed by atoms with E-state index in [-0.39, 0.29) is 18.8 Å². The molecule has 0 aromatic carbocycles. The third-order valence-electron chi connectivity index (χ3n) is 5.70. The van der Waals surface area contributed by atoms with Crippen LogP contribution in [-0.2, 0) is 40.1 Å². The molecule has 0 aliphatic carbocycles. The second-order valence-electron chi connectivity index (χ2n) is 13.7. The van der Waals surface area contributed by atoms with E-state index in [4.69, 9.17) is 45.3 Å². The molecule has 0 heterocycles. The van der Waals surface area contributed by atoms with Crippen LogP contribution in [0.4, 0.5) is 0 Å². The Labute approximate surface area is 263 Å². The van der Waals surface area contributed by atoms with Crippen LogP contribution in [0.15, 0.2) is 0 Å². The van der Waals surface area contributed by atoms with Gasteiger partial charge in [-0.1, -0.05) is 0 Å². The zero-order chi connectivity index (χ0) is 32.5. The first kappa shape index (κ1) is 42.7. The number of methoxy groups -OCH3 is 1. The quantitative estimate of drug-likeness (QED) is 0.0837. The second kappa shape index (κ2) is 20.7. The van der Waals surface area contributed by atoms with Crippen molar-refractivity contribution in [2.75, 3.05) is 60.0 Å². The highest BCUT2D eigenvalue weighted by Gasteiger charge is 2.48. The Morgan fingerprint density at radius 1 is 0.548 bits per heavy atom. The van der Waals surface area contributed by atoms with Gasteiger partial charge >= 0.3 is 25.7 Å². The molecule has 254 valence electrons. The minimum atomic E-state index is -2.72. The summed E-state index contributed by atoms with van der Waals surface area (Å²) in [6.07, 6.45) is 1.62. The molecule has 0 bridgehead atoms. The van der Waals surface area contributed by atoms with E-state index in [1.165, 1.54) is 0 Å². The molecule has 0 aromatic heterocycles. The highest BCUT2D eigenvalue weighted by atomic mass is 28.5. The minimum absolute atomic E-state index is 0.0139. The van der Waals surface area contributed by atoms with Crippen molar-refractivity contribution in [3.63, 3.8) is 0 Å². The van der Waals surface area contributed by atoms with Crippen LogP contribution in [0.5, 0.6) is 0 Å². The molecule has 1 N–H and O–H groups in total. The Morgan fingerprint density at radius 2 is 1.00 bits per heavy atom. The van der Waals surface area contributed by atoms with Gasteiger partial charge in [0, 0.05) is 20.3 Å². The summed E-state index contributed by atoms with van der Waals surface area (Å²) in [5.74, 6) is 0. The van der Waals surface area contributed by atoms with E-state index in [0.29, 0.717) is 46.2 Å². The summed E-state index contributed by atoms with van der Waals surface area (Å²) in [4.78, 5) is 0. The van der Waals surface area contributed by atoms with Gasteiger partial charge in [-0.25, -0.2) is 0 Å². The molecule has 0 amide bonds. The van der Waals surface area contributed by atoms with Gasteiger partial charge in [-0.3, -0.25) is 0 Å². The van der Waals surface area contributed by atoms with E-state index in [9.17, 15) is 0 Å². The summed E-state index contributed by atoms with van der Waals surface area (Å²) in [6.45, 7) is 29.6. The Hall–Kier alpha value is 0.684. The molecular weight excluding hydrogens is 625 g/mol. The standard InChI is InChI=1S/C27H66O10Si5/c1-26(32-19-16-28)24-30-17-14-22-41(12,35-39(7,8)9)37-42(13,36-40(10,11)34-38(4,5)6)23-15-18-31-25-27(2)33-21-20-29-3/h26-28H,14-25H2,1-13H3. The molecule has 0 aliphatic heterocycles. The van der Waals surface area contributed by atoms with Gasteiger partial charge in [0.1, 0.15) is 0 Å². The van der Waals surface area contributed by atoms with Crippen LogP contribution >= 0.6 is 0 Å². The van der Waals surface area contributed by atoms with Crippen molar-refractivity contribution in [2.24, 2.45) is 0 Å². The lowest BCUT2D eigenvalue weighted by Gasteiger charge is -2.44. The number of rotatable bonds is 27. The maximum absolute atomic E-state index is 8.95. The van der Waals surface area contributed by atoms with Gasteiger partial charge in [0.05, 0.1) is 51.8 Å². The normalized spacial score (nSPS) is 17.6. The largest absolute Gasteiger partial charge is 0.437 e. The molecule has 10 nitrogen and oxygen atoms in total. The van der Waals surface area contributed by atoms with E-state index >= 15 is 0 Å². The van der Waals surface area contributed by atoms with Crippen LogP contribution < -0.4 is 0 Å². The fraction of sp³-hybridized carbons (Fsp3) is 1.00. The molecule has 0 fully saturated rings. The van der Waals surface area contributed by atoms with E-state index in [1.54, 1.807) is 7.11 Å². The topological polar surface area (TPSA) is 103 Å². The van der Waals surface area contributed by atoms with Crippen LogP contribution in [0.3, 0.4) is 0 Å². The Bertz CT molecular complexity index is 695. The van der Waals surface area contributed by atoms with Crippen LogP contribution in [0.1, 0.15) is 26.7 Å². The molecule has 42 heavy (non-hydrogen) atoms. The van der Waals surface area contributed by atoms with Gasteiger partial charge in [0.15, 0.2) is 16.6 Å². The smallest absolute Gasteiger partial charge is 0.317 e. The molecule has 4 unspecified atom stereocenters. The lowest BCUT2D eigenvalue weighted by molar-refractivity contribution is -0.0236. The number of aliphatic hydroxyl groups excluding tert-OH is 1. The first-order chi connectivity index (χ1) is 19.2. The highest BCUT2D eigenvalue weighted by Crippen LogP contribution is 2.32. The second-order valence-corrected chi connectivity index (χ2v) is 33.8. The summed E-state index contributed by atoms with van der Waals surface area (Å²) in [7, 11) is -9.84. The van der Waals surface area contributed by atoms with Crippen molar-refractivity contribution < 1.29 is 45.3 Å². The van der Waals surface area contributed by atoms with Crippen molar-refractivity contribution >= 4 is 42.3 Å². The first-order valence-electron chi connectivity index (χ1n) is 15.5. The zero-order valence-electron chi connectivity index (χ0n) is 29.3. The van der Waals surface area contributed by atoms with Gasteiger partial charge in [-0.2, -0.15) is 0 Å². The molecule has 0 aromatic rings. The summed E-state index contributed by atoms with van der Waals surface area (Å²) >= 11 is 0. The molecule has 0 spiro atoms. The molecule has 15 heteroatoms. The van der Waals surface area contributed by atoms with Crippen molar-refractivity contribution in [3.8, 4) is 0 Å². The van der Waals surface area contributed by atoms with Gasteiger partial charge in [0.2, 0.25) is 0 Å². The fourth-order valence-electron chi connectivity index (χ4n) is 4.80. The summed E-state index contributed by atoms with van der Waals surface area (Å²) in [5.41, 5.74) is 0. The molecule has 0 rings (SSSR count). The lowest BCUT2D eigenvalue weighted by Crippen LogP contribution is -2.60. The summed E-state index contributed by atoms with van der Waals surface area (Å²) < 4.78 is 55.7. The molecule has 0 radical (unpaired) electrons. The monoisotopic (exact) mass is 690 g/mol. The molecule has 0 saturated carbocycles. The van der Waals surface area contributed by atoms with Crippen LogP contribution in [0.2, 0.25) is 77.6 Å². The number of hydrogen-bond acceptors (Lipinski definition) is 10. The molecular formula is C27H66O10Si5. The summed E-state index contributed by atoms with van der Waals surface area (Å²) in [6, 6.07) is 1.62. The van der Waals surface area contributed by atoms with Crippen molar-refractivity contribution in [2.45, 2.75) is 116 Å². The van der Waals surface area contributed by atoms with Gasteiger partial charge in [-0.05, 0) is 104 Å². The maximum atomic E-state index is 8.95. The van der Waals surface area contributed by atoms with Gasteiger partial charge < -0.3 is 45.3 Å². The van der Waals surface area contributed by atoms with Gasteiger partial charge in [-0.15, -0.1) is 0 Å².